The number of alkyl halides is 3. The van der Waals surface area contributed by atoms with Gasteiger partial charge in [0.25, 0.3) is 12.4 Å². The Bertz CT molecular complexity index is 1180. The van der Waals surface area contributed by atoms with Crippen LogP contribution in [0.15, 0.2) is 6.08 Å². The van der Waals surface area contributed by atoms with Gasteiger partial charge in [-0.25, -0.2) is 4.79 Å². The maximum absolute atomic E-state index is 11.1. The lowest BCUT2D eigenvalue weighted by Gasteiger charge is -2.22. The van der Waals surface area contributed by atoms with Gasteiger partial charge in [0.15, 0.2) is 0 Å². The highest BCUT2D eigenvalue weighted by Crippen LogP contribution is 2.27. The molecule has 2 rings (SSSR count). The van der Waals surface area contributed by atoms with Gasteiger partial charge in [0, 0.05) is 26.6 Å². The van der Waals surface area contributed by atoms with Gasteiger partial charge in [0.1, 0.15) is 12.0 Å². The fourth-order valence-electron chi connectivity index (χ4n) is 6.19. The lowest BCUT2D eigenvalue weighted by atomic mass is 10.0. The van der Waals surface area contributed by atoms with E-state index in [1.165, 1.54) is 171 Å². The second kappa shape index (κ2) is 52.4. The minimum atomic E-state index is -4.98. The maximum Gasteiger partial charge on any atom is 0.494 e. The summed E-state index contributed by atoms with van der Waals surface area (Å²) in [4.78, 5) is 37.1. The van der Waals surface area contributed by atoms with E-state index in [4.69, 9.17) is 19.4 Å². The number of aromatic nitrogens is 2. The van der Waals surface area contributed by atoms with Crippen LogP contribution in [0, 0.1) is 0 Å². The summed E-state index contributed by atoms with van der Waals surface area (Å²) in [5.41, 5.74) is 2.25. The number of hydrogen-bond acceptors (Lipinski definition) is 11. The van der Waals surface area contributed by atoms with Crippen LogP contribution in [0.1, 0.15) is 234 Å². The Kier molecular flexibility index (Phi) is 55.5. The topological polar surface area (TPSA) is 137 Å². The van der Waals surface area contributed by atoms with Gasteiger partial charge in [-0.2, -0.15) is 22.4 Å². The third-order valence-corrected chi connectivity index (χ3v) is 10.5. The number of carbonyl (C=O) groups excluding carboxylic acids is 2. The van der Waals surface area contributed by atoms with Crippen molar-refractivity contribution >= 4 is 36.0 Å². The number of nitrogens with zero attached hydrogens (tertiary/aromatic N) is 3. The van der Waals surface area contributed by atoms with Gasteiger partial charge >= 0.3 is 12.1 Å². The molecule has 1 aliphatic rings. The summed E-state index contributed by atoms with van der Waals surface area (Å²) in [6.45, 7) is 17.1. The summed E-state index contributed by atoms with van der Waals surface area (Å²) in [6.07, 6.45) is 36.2. The first kappa shape index (κ1) is 69.0. The van der Waals surface area contributed by atoms with Crippen molar-refractivity contribution in [2.24, 2.45) is 0 Å². The number of aldehydes is 1. The number of carboxylic acid groups (broad SMARTS) is 1. The lowest BCUT2D eigenvalue weighted by molar-refractivity contribution is -0.287. The third kappa shape index (κ3) is 53.9. The Balaban J connectivity index is -0.000000412. The summed E-state index contributed by atoms with van der Waals surface area (Å²) in [7, 11) is 4.65. The molecule has 65 heavy (non-hydrogen) atoms. The molecule has 11 nitrogen and oxygen atoms in total. The van der Waals surface area contributed by atoms with Gasteiger partial charge < -0.3 is 24.3 Å². The van der Waals surface area contributed by atoms with Gasteiger partial charge in [0.05, 0.1) is 31.0 Å². The number of hydrogen-bond donors (Lipinski definition) is 1. The average molecular weight is 956 g/mol. The number of halogens is 3. The Labute approximate surface area is 399 Å². The number of methoxy groups -OCH3 is 1. The van der Waals surface area contributed by atoms with E-state index in [2.05, 4.69) is 50.4 Å². The molecule has 386 valence electrons. The molecule has 2 heterocycles. The number of carbonyl (C=O) groups is 3. The van der Waals surface area contributed by atoms with Crippen LogP contribution >= 0.6 is 11.7 Å². The van der Waals surface area contributed by atoms with Crippen molar-refractivity contribution in [3.8, 4) is 5.88 Å². The molecule has 0 saturated heterocycles. The van der Waals surface area contributed by atoms with Gasteiger partial charge in [-0.3, -0.25) is 9.68 Å². The molecule has 0 atom stereocenters. The predicted molar refractivity (Wildman–Crippen MR) is 264 cm³/mol. The molecule has 0 radical (unpaired) electrons. The maximum atomic E-state index is 11.1. The van der Waals surface area contributed by atoms with E-state index in [0.29, 0.717) is 0 Å². The molecule has 0 aliphatic carbocycles. The molecule has 0 fully saturated rings. The Morgan fingerprint density at radius 2 is 1.11 bits per heavy atom. The molecule has 0 saturated carbocycles. The number of unbranched alkanes of at least 4 members (excludes halogenated alkanes) is 25. The van der Waals surface area contributed by atoms with Gasteiger partial charge in [-0.05, 0) is 52.7 Å². The van der Waals surface area contributed by atoms with E-state index in [1.807, 2.05) is 34.6 Å². The first-order valence-corrected chi connectivity index (χ1v) is 25.6. The molecule has 1 aliphatic heterocycles. The zero-order valence-electron chi connectivity index (χ0n) is 42.8. The normalized spacial score (nSPS) is 12.2. The van der Waals surface area contributed by atoms with Crippen LogP contribution in [0.3, 0.4) is 0 Å². The van der Waals surface area contributed by atoms with Gasteiger partial charge in [0.2, 0.25) is 0 Å². The molecule has 0 amide bonds. The molecule has 1 aromatic heterocycles. The van der Waals surface area contributed by atoms with Gasteiger partial charge in [-0.15, -0.1) is 4.37 Å². The highest BCUT2D eigenvalue weighted by molar-refractivity contribution is 6.99. The summed E-state index contributed by atoms with van der Waals surface area (Å²) in [5.74, 6) is -1.63. The molecule has 1 N–H and O–H groups in total. The SMILES string of the molecule is CC.CCCCCCCCCCCCCCCCCCCCCCCCC=O.CCCCCCOc1nsnc1C1=CCCN(C)C1.COC(C)(C)C.COOC(=O)C(F)(F)F.O=CO. The fraction of sp³-hybridized carbons (Fsp3) is 0.860. The molecule has 0 aromatic carbocycles. The monoisotopic (exact) mass is 956 g/mol. The van der Waals surface area contributed by atoms with E-state index >= 15 is 0 Å². The molecule has 0 bridgehead atoms. The first-order chi connectivity index (χ1) is 31.2. The van der Waals surface area contributed by atoms with Gasteiger partial charge in [-0.1, -0.05) is 188 Å². The third-order valence-electron chi connectivity index (χ3n) is 10.0. The molecule has 15 heteroatoms. The van der Waals surface area contributed by atoms with E-state index < -0.39 is 12.1 Å². The standard InChI is InChI=1S/C25H50O.C14H23N3OS.C5H12O.C3H3F3O3.C2H6.CH2O2/c1-2-3-4-5-6-7-8-9-10-11-12-13-14-15-16-17-18-19-20-21-22-23-24-25-26;1-3-4-5-6-10-18-14-13(15-19-16-14)12-8-7-9-17(2)11-12;1-5(2,3)6-4;1-8-9-2(7)3(4,5)6;1-2;2-1-3/h25H,2-24H2,1H3;8H,3-7,9-11H2,1-2H3;1-4H3;1H3;1-2H3;1H,(H,2,3). The lowest BCUT2D eigenvalue weighted by Crippen LogP contribution is -2.25. The van der Waals surface area contributed by atoms with Crippen molar-refractivity contribution in [2.45, 2.75) is 240 Å². The molecular formula is C50H96F3N3O8S. The van der Waals surface area contributed by atoms with Crippen LogP contribution < -0.4 is 4.74 Å². The predicted octanol–water partition coefficient (Wildman–Crippen LogP) is 15.2. The Morgan fingerprint density at radius 1 is 0.723 bits per heavy atom. The quantitative estimate of drug-likeness (QED) is 0.0329. The van der Waals surface area contributed by atoms with E-state index in [9.17, 15) is 22.8 Å². The zero-order chi connectivity index (χ0) is 49.9. The average Bonchev–Trinajstić information content (AvgIpc) is 3.75. The zero-order valence-corrected chi connectivity index (χ0v) is 43.7. The van der Waals surface area contributed by atoms with Crippen molar-refractivity contribution in [1.29, 1.82) is 0 Å². The smallest absolute Gasteiger partial charge is 0.483 e. The highest BCUT2D eigenvalue weighted by atomic mass is 32.1. The molecular weight excluding hydrogens is 860 g/mol. The molecule has 0 unspecified atom stereocenters. The van der Waals surface area contributed by atoms with Crippen molar-refractivity contribution in [3.05, 3.63) is 11.8 Å². The summed E-state index contributed by atoms with van der Waals surface area (Å²) in [6, 6.07) is 0. The van der Waals surface area contributed by atoms with E-state index in [1.54, 1.807) is 7.11 Å². The largest absolute Gasteiger partial charge is 0.494 e. The second-order valence-corrected chi connectivity index (χ2v) is 17.4. The minimum absolute atomic E-state index is 0.0417. The summed E-state index contributed by atoms with van der Waals surface area (Å²) in [5, 5.41) is 6.89. The van der Waals surface area contributed by atoms with Crippen LogP contribution in [0.5, 0.6) is 5.88 Å². The summed E-state index contributed by atoms with van der Waals surface area (Å²) >= 11 is 1.25. The van der Waals surface area contributed by atoms with Crippen LogP contribution in [-0.2, 0) is 28.9 Å². The van der Waals surface area contributed by atoms with Crippen molar-refractivity contribution in [1.82, 2.24) is 13.6 Å². The van der Waals surface area contributed by atoms with E-state index in [-0.39, 0.29) is 12.1 Å². The van der Waals surface area contributed by atoms with Crippen molar-refractivity contribution in [3.63, 3.8) is 0 Å². The number of ether oxygens (including phenoxy) is 2. The minimum Gasteiger partial charge on any atom is -0.483 e. The van der Waals surface area contributed by atoms with Crippen LogP contribution in [0.25, 0.3) is 5.57 Å². The fourth-order valence-corrected chi connectivity index (χ4v) is 6.72. The number of likely N-dealkylation sites (N-methyl/N-ethyl adjacent to an activating group) is 1. The van der Waals surface area contributed by atoms with Crippen LogP contribution in [0.2, 0.25) is 0 Å². The van der Waals surface area contributed by atoms with Crippen molar-refractivity contribution in [2.75, 3.05) is 41.0 Å². The van der Waals surface area contributed by atoms with Crippen LogP contribution in [-0.4, -0.2) is 90.2 Å². The molecule has 1 aromatic rings. The van der Waals surface area contributed by atoms with E-state index in [0.717, 1.165) is 70.3 Å². The Hall–Kier alpha value is -2.62. The first-order valence-electron chi connectivity index (χ1n) is 24.9. The highest BCUT2D eigenvalue weighted by Gasteiger charge is 2.42. The van der Waals surface area contributed by atoms with Crippen molar-refractivity contribution < 1.29 is 51.9 Å². The summed E-state index contributed by atoms with van der Waals surface area (Å²) < 4.78 is 52.7. The Morgan fingerprint density at radius 3 is 1.43 bits per heavy atom. The second-order valence-electron chi connectivity index (χ2n) is 16.9. The molecule has 0 spiro atoms. The van der Waals surface area contributed by atoms with Crippen LogP contribution in [0.4, 0.5) is 13.2 Å². The number of rotatable bonds is 31.